The highest BCUT2D eigenvalue weighted by molar-refractivity contribution is 7.16. The Morgan fingerprint density at radius 2 is 2.06 bits per heavy atom. The molecule has 0 fully saturated rings. The first kappa shape index (κ1) is 14.1. The summed E-state index contributed by atoms with van der Waals surface area (Å²) in [6.45, 7) is 7.58. The highest BCUT2D eigenvalue weighted by Crippen LogP contribution is 2.35. The van der Waals surface area contributed by atoms with Gasteiger partial charge in [0.15, 0.2) is 0 Å². The molecule has 2 aromatic heterocycles. The third-order valence-electron chi connectivity index (χ3n) is 2.87. The molecule has 0 spiro atoms. The summed E-state index contributed by atoms with van der Waals surface area (Å²) in [4.78, 5) is 4.06. The Morgan fingerprint density at radius 3 is 2.56 bits per heavy atom. The number of aryl methyl sites for hydroxylation is 2. The molecule has 18 heavy (non-hydrogen) atoms. The average molecular weight is 300 g/mol. The van der Waals surface area contributed by atoms with Crippen molar-refractivity contribution in [1.82, 2.24) is 5.32 Å². The molecule has 1 nitrogen and oxygen atoms in total. The Morgan fingerprint density at radius 1 is 1.28 bits per heavy atom. The Bertz CT molecular complexity index is 516. The molecule has 2 heterocycles. The van der Waals surface area contributed by atoms with Gasteiger partial charge in [0.1, 0.15) is 0 Å². The van der Waals surface area contributed by atoms with E-state index in [2.05, 4.69) is 38.2 Å². The summed E-state index contributed by atoms with van der Waals surface area (Å²) in [6, 6.07) is 6.69. The minimum Gasteiger partial charge on any atom is -0.306 e. The van der Waals surface area contributed by atoms with Crippen molar-refractivity contribution in [3.8, 4) is 0 Å². The number of rotatable bonds is 5. The van der Waals surface area contributed by atoms with Gasteiger partial charge in [-0.15, -0.1) is 22.7 Å². The van der Waals surface area contributed by atoms with Crippen molar-refractivity contribution in [2.75, 3.05) is 6.54 Å². The van der Waals surface area contributed by atoms with E-state index < -0.39 is 0 Å². The van der Waals surface area contributed by atoms with Crippen LogP contribution in [0.2, 0.25) is 4.34 Å². The molecule has 0 radical (unpaired) electrons. The standard InChI is InChI=1S/C14H18ClNS2/c1-4-7-16-14(12-5-6-13(15)18-12)11-8-9(2)17-10(11)3/h5-6,8,14,16H,4,7H2,1-3H3. The van der Waals surface area contributed by atoms with Crippen LogP contribution in [0.25, 0.3) is 0 Å². The first-order valence-electron chi connectivity index (χ1n) is 6.17. The zero-order valence-electron chi connectivity index (χ0n) is 10.9. The van der Waals surface area contributed by atoms with Crippen molar-refractivity contribution in [2.45, 2.75) is 33.2 Å². The van der Waals surface area contributed by atoms with Gasteiger partial charge in [0, 0.05) is 14.6 Å². The fraction of sp³-hybridized carbons (Fsp3) is 0.429. The van der Waals surface area contributed by atoms with Crippen LogP contribution in [0.1, 0.15) is 39.6 Å². The summed E-state index contributed by atoms with van der Waals surface area (Å²) < 4.78 is 0.859. The lowest BCUT2D eigenvalue weighted by atomic mass is 10.1. The van der Waals surface area contributed by atoms with Crippen LogP contribution in [0.4, 0.5) is 0 Å². The molecule has 0 saturated carbocycles. The van der Waals surface area contributed by atoms with Crippen molar-refractivity contribution >= 4 is 34.3 Å². The zero-order valence-corrected chi connectivity index (χ0v) is 13.3. The van der Waals surface area contributed by atoms with Crippen LogP contribution in [-0.2, 0) is 0 Å². The molecule has 1 N–H and O–H groups in total. The number of thiophene rings is 2. The number of hydrogen-bond acceptors (Lipinski definition) is 3. The summed E-state index contributed by atoms with van der Waals surface area (Å²) in [7, 11) is 0. The highest BCUT2D eigenvalue weighted by Gasteiger charge is 2.19. The second-order valence-electron chi connectivity index (χ2n) is 4.40. The molecule has 0 bridgehead atoms. The van der Waals surface area contributed by atoms with Crippen LogP contribution in [0.5, 0.6) is 0 Å². The zero-order chi connectivity index (χ0) is 13.1. The van der Waals surface area contributed by atoms with Gasteiger partial charge < -0.3 is 5.32 Å². The summed E-state index contributed by atoms with van der Waals surface area (Å²) in [6.07, 6.45) is 1.14. The first-order valence-corrected chi connectivity index (χ1v) is 8.18. The Labute approximate surface area is 122 Å². The normalized spacial score (nSPS) is 12.9. The molecule has 2 rings (SSSR count). The van der Waals surface area contributed by atoms with Crippen LogP contribution in [0, 0.1) is 13.8 Å². The summed E-state index contributed by atoms with van der Waals surface area (Å²) in [5.74, 6) is 0. The molecule has 0 aliphatic carbocycles. The number of hydrogen-bond donors (Lipinski definition) is 1. The third-order valence-corrected chi connectivity index (χ3v) is 5.15. The molecule has 0 aliphatic rings. The van der Waals surface area contributed by atoms with Gasteiger partial charge in [-0.3, -0.25) is 0 Å². The van der Waals surface area contributed by atoms with E-state index in [9.17, 15) is 0 Å². The molecule has 0 saturated heterocycles. The van der Waals surface area contributed by atoms with E-state index in [-0.39, 0.29) is 6.04 Å². The summed E-state index contributed by atoms with van der Waals surface area (Å²) in [5.41, 5.74) is 1.39. The second-order valence-corrected chi connectivity index (χ2v) is 7.60. The molecular formula is C14H18ClNS2. The molecule has 0 aliphatic heterocycles. The molecule has 98 valence electrons. The lowest BCUT2D eigenvalue weighted by Crippen LogP contribution is -2.22. The Kier molecular flexibility index (Phi) is 4.84. The molecular weight excluding hydrogens is 282 g/mol. The molecule has 1 unspecified atom stereocenters. The fourth-order valence-electron chi connectivity index (χ4n) is 2.07. The van der Waals surface area contributed by atoms with Crippen LogP contribution in [-0.4, -0.2) is 6.54 Å². The Hall–Kier alpha value is -0.350. The quantitative estimate of drug-likeness (QED) is 0.803. The minimum absolute atomic E-state index is 0.285. The predicted molar refractivity (Wildman–Crippen MR) is 83.3 cm³/mol. The fourth-order valence-corrected chi connectivity index (χ4v) is 4.19. The molecule has 2 aromatic rings. The van der Waals surface area contributed by atoms with E-state index in [1.165, 1.54) is 20.2 Å². The Balaban J connectivity index is 2.33. The maximum Gasteiger partial charge on any atom is 0.0931 e. The van der Waals surface area contributed by atoms with Crippen LogP contribution in [0.3, 0.4) is 0 Å². The van der Waals surface area contributed by atoms with Gasteiger partial charge >= 0.3 is 0 Å². The minimum atomic E-state index is 0.285. The highest BCUT2D eigenvalue weighted by atomic mass is 35.5. The number of halogens is 1. The predicted octanol–water partition coefficient (Wildman–Crippen LogP) is 5.17. The van der Waals surface area contributed by atoms with Gasteiger partial charge in [0.2, 0.25) is 0 Å². The van der Waals surface area contributed by atoms with E-state index in [0.717, 1.165) is 17.3 Å². The third kappa shape index (κ3) is 3.15. The average Bonchev–Trinajstić information content (AvgIpc) is 2.87. The van der Waals surface area contributed by atoms with E-state index in [1.54, 1.807) is 11.3 Å². The molecule has 4 heteroatoms. The van der Waals surface area contributed by atoms with Crippen molar-refractivity contribution in [3.05, 3.63) is 42.7 Å². The molecule has 1 atom stereocenters. The van der Waals surface area contributed by atoms with Gasteiger partial charge in [-0.25, -0.2) is 0 Å². The van der Waals surface area contributed by atoms with Crippen molar-refractivity contribution < 1.29 is 0 Å². The van der Waals surface area contributed by atoms with Crippen molar-refractivity contribution in [2.24, 2.45) is 0 Å². The molecule has 0 aromatic carbocycles. The maximum absolute atomic E-state index is 6.06. The van der Waals surface area contributed by atoms with E-state index in [4.69, 9.17) is 11.6 Å². The summed E-state index contributed by atoms with van der Waals surface area (Å²) in [5, 5.41) is 3.63. The number of nitrogens with one attached hydrogen (secondary N) is 1. The van der Waals surface area contributed by atoms with Gasteiger partial charge in [-0.1, -0.05) is 18.5 Å². The topological polar surface area (TPSA) is 12.0 Å². The van der Waals surface area contributed by atoms with Crippen LogP contribution >= 0.6 is 34.3 Å². The van der Waals surface area contributed by atoms with Gasteiger partial charge in [-0.05, 0) is 50.6 Å². The van der Waals surface area contributed by atoms with Gasteiger partial charge in [-0.2, -0.15) is 0 Å². The van der Waals surface area contributed by atoms with E-state index in [0.29, 0.717) is 0 Å². The monoisotopic (exact) mass is 299 g/mol. The van der Waals surface area contributed by atoms with Crippen LogP contribution in [0.15, 0.2) is 18.2 Å². The van der Waals surface area contributed by atoms with E-state index >= 15 is 0 Å². The lowest BCUT2D eigenvalue weighted by Gasteiger charge is -2.17. The van der Waals surface area contributed by atoms with Crippen molar-refractivity contribution in [3.63, 3.8) is 0 Å². The second kappa shape index (κ2) is 6.20. The van der Waals surface area contributed by atoms with Gasteiger partial charge in [0.25, 0.3) is 0 Å². The SMILES string of the molecule is CCCNC(c1ccc(Cl)s1)c1cc(C)sc1C. The summed E-state index contributed by atoms with van der Waals surface area (Å²) >= 11 is 9.60. The lowest BCUT2D eigenvalue weighted by molar-refractivity contribution is 0.605. The largest absolute Gasteiger partial charge is 0.306 e. The van der Waals surface area contributed by atoms with Gasteiger partial charge in [0.05, 0.1) is 10.4 Å². The smallest absolute Gasteiger partial charge is 0.0931 e. The first-order chi connectivity index (χ1) is 8.61. The maximum atomic E-state index is 6.06. The molecule has 0 amide bonds. The van der Waals surface area contributed by atoms with Crippen LogP contribution < -0.4 is 5.32 Å². The van der Waals surface area contributed by atoms with Crippen molar-refractivity contribution in [1.29, 1.82) is 0 Å². The van der Waals surface area contributed by atoms with E-state index in [1.807, 2.05) is 17.4 Å².